The maximum absolute atomic E-state index is 13.7. The molecule has 6 heteroatoms. The average molecular weight is 381 g/mol. The average Bonchev–Trinajstić information content (AvgIpc) is 3.24. The second-order valence-electron chi connectivity index (χ2n) is 7.06. The lowest BCUT2D eigenvalue weighted by molar-refractivity contribution is -0.110. The van der Waals surface area contributed by atoms with Crippen LogP contribution in [0.4, 0.5) is 10.1 Å². The number of anilines is 1. The van der Waals surface area contributed by atoms with Gasteiger partial charge in [-0.2, -0.15) is 0 Å². The van der Waals surface area contributed by atoms with Gasteiger partial charge in [-0.3, -0.25) is 9.78 Å². The van der Waals surface area contributed by atoms with Crippen molar-refractivity contribution in [3.63, 3.8) is 0 Å². The predicted octanol–water partition coefficient (Wildman–Crippen LogP) is 3.85. The summed E-state index contributed by atoms with van der Waals surface area (Å²) in [6.45, 7) is 7.85. The van der Waals surface area contributed by atoms with E-state index in [1.165, 1.54) is 12.1 Å². The molecule has 0 radical (unpaired) electrons. The first-order chi connectivity index (χ1) is 13.6. The van der Waals surface area contributed by atoms with Crippen molar-refractivity contribution < 1.29 is 13.9 Å². The molecule has 0 unspecified atom stereocenters. The molecule has 1 aromatic heterocycles. The lowest BCUT2D eigenvalue weighted by Crippen LogP contribution is -2.24. The highest BCUT2D eigenvalue weighted by Gasteiger charge is 2.33. The van der Waals surface area contributed by atoms with E-state index in [1.807, 2.05) is 12.1 Å². The summed E-state index contributed by atoms with van der Waals surface area (Å²) in [5.74, 6) is -0.168. The van der Waals surface area contributed by atoms with Gasteiger partial charge in [-0.15, -0.1) is 0 Å². The van der Waals surface area contributed by atoms with Gasteiger partial charge in [-0.25, -0.2) is 4.39 Å². The molecule has 5 nitrogen and oxygen atoms in total. The maximum Gasteiger partial charge on any atom is 0.260 e. The second kappa shape index (κ2) is 7.72. The topological polar surface area (TPSA) is 54.5 Å². The Morgan fingerprint density at radius 2 is 2.00 bits per heavy atom. The molecule has 0 saturated heterocycles. The molecule has 2 aliphatic rings. The minimum absolute atomic E-state index is 0.272. The van der Waals surface area contributed by atoms with Crippen molar-refractivity contribution in [3.05, 3.63) is 58.7 Å². The Morgan fingerprint density at radius 1 is 1.18 bits per heavy atom. The van der Waals surface area contributed by atoms with Crippen LogP contribution in [0.2, 0.25) is 0 Å². The summed E-state index contributed by atoms with van der Waals surface area (Å²) in [5.41, 5.74) is 4.20. The van der Waals surface area contributed by atoms with Gasteiger partial charge in [0.2, 0.25) is 0 Å². The highest BCUT2D eigenvalue weighted by atomic mass is 19.1. The van der Waals surface area contributed by atoms with Gasteiger partial charge < -0.3 is 15.0 Å². The van der Waals surface area contributed by atoms with Crippen LogP contribution >= 0.6 is 0 Å². The zero-order valence-corrected chi connectivity index (χ0v) is 16.2. The van der Waals surface area contributed by atoms with Crippen LogP contribution in [0.15, 0.2) is 30.3 Å². The van der Waals surface area contributed by atoms with Crippen LogP contribution in [0.1, 0.15) is 42.8 Å². The molecule has 146 valence electrons. The quantitative estimate of drug-likeness (QED) is 0.773. The van der Waals surface area contributed by atoms with E-state index < -0.39 is 0 Å². The standard InChI is InChI=1S/C22H24FN3O2/c1-3-26(4-2)11-5-6-15-8-9-16-19(24-15)13-28-21(16)20-17-12-14(23)7-10-18(17)25-22(20)27/h7-10,12H,3-6,11,13H2,1-2H3,(H,25,27)/b21-20+. The van der Waals surface area contributed by atoms with E-state index in [4.69, 9.17) is 9.72 Å². The molecule has 28 heavy (non-hydrogen) atoms. The zero-order chi connectivity index (χ0) is 19.7. The summed E-state index contributed by atoms with van der Waals surface area (Å²) in [4.78, 5) is 19.6. The smallest absolute Gasteiger partial charge is 0.260 e. The first-order valence-electron chi connectivity index (χ1n) is 9.80. The summed E-state index contributed by atoms with van der Waals surface area (Å²) in [7, 11) is 0. The number of fused-ring (bicyclic) bond motifs is 2. The summed E-state index contributed by atoms with van der Waals surface area (Å²) >= 11 is 0. The van der Waals surface area contributed by atoms with Crippen molar-refractivity contribution in [2.45, 2.75) is 33.3 Å². The molecule has 0 saturated carbocycles. The molecule has 2 aliphatic heterocycles. The van der Waals surface area contributed by atoms with Crippen molar-refractivity contribution in [1.82, 2.24) is 9.88 Å². The number of aryl methyl sites for hydroxylation is 1. The number of hydrogen-bond donors (Lipinski definition) is 1. The Bertz CT molecular complexity index is 951. The van der Waals surface area contributed by atoms with Gasteiger partial charge in [0, 0.05) is 22.5 Å². The number of nitrogens with zero attached hydrogens (tertiary/aromatic N) is 2. The van der Waals surface area contributed by atoms with E-state index in [2.05, 4.69) is 24.1 Å². The lowest BCUT2D eigenvalue weighted by atomic mass is 10.0. The fourth-order valence-corrected chi connectivity index (χ4v) is 3.82. The van der Waals surface area contributed by atoms with Crippen LogP contribution in [0.3, 0.4) is 0 Å². The van der Waals surface area contributed by atoms with Crippen LogP contribution < -0.4 is 5.32 Å². The molecular formula is C22H24FN3O2. The van der Waals surface area contributed by atoms with Gasteiger partial charge in [0.1, 0.15) is 18.2 Å². The number of pyridine rings is 1. The second-order valence-corrected chi connectivity index (χ2v) is 7.06. The number of aromatic nitrogens is 1. The van der Waals surface area contributed by atoms with Gasteiger partial charge in [0.25, 0.3) is 5.91 Å². The summed E-state index contributed by atoms with van der Waals surface area (Å²) in [6.07, 6.45) is 1.96. The normalized spacial score (nSPS) is 17.5. The van der Waals surface area contributed by atoms with Crippen molar-refractivity contribution in [1.29, 1.82) is 0 Å². The summed E-state index contributed by atoms with van der Waals surface area (Å²) in [6, 6.07) is 8.24. The number of halogens is 1. The van der Waals surface area contributed by atoms with Gasteiger partial charge in [0.15, 0.2) is 0 Å². The number of amides is 1. The van der Waals surface area contributed by atoms with E-state index in [0.29, 0.717) is 29.2 Å². The van der Waals surface area contributed by atoms with Gasteiger partial charge in [-0.1, -0.05) is 13.8 Å². The molecule has 1 amide bonds. The summed E-state index contributed by atoms with van der Waals surface area (Å²) in [5, 5.41) is 2.77. The number of benzene rings is 1. The van der Waals surface area contributed by atoms with Crippen molar-refractivity contribution in [3.8, 4) is 0 Å². The van der Waals surface area contributed by atoms with Crippen molar-refractivity contribution in [2.75, 3.05) is 25.0 Å². The largest absolute Gasteiger partial charge is 0.486 e. The molecule has 0 aliphatic carbocycles. The van der Waals surface area contributed by atoms with Crippen molar-refractivity contribution >= 4 is 22.9 Å². The summed E-state index contributed by atoms with van der Waals surface area (Å²) < 4.78 is 19.5. The fraction of sp³-hybridized carbons (Fsp3) is 0.364. The zero-order valence-electron chi connectivity index (χ0n) is 16.2. The molecule has 3 heterocycles. The minimum atomic E-state index is -0.381. The van der Waals surface area contributed by atoms with Crippen molar-refractivity contribution in [2.24, 2.45) is 0 Å². The van der Waals surface area contributed by atoms with Crippen LogP contribution in [0.25, 0.3) is 11.3 Å². The molecule has 1 N–H and O–H groups in total. The third-order valence-electron chi connectivity index (χ3n) is 5.38. The lowest BCUT2D eigenvalue weighted by Gasteiger charge is -2.17. The van der Waals surface area contributed by atoms with Gasteiger partial charge >= 0.3 is 0 Å². The third kappa shape index (κ3) is 3.40. The number of carbonyl (C=O) groups is 1. The van der Waals surface area contributed by atoms with Crippen LogP contribution in [-0.2, 0) is 22.6 Å². The molecule has 1 aromatic carbocycles. The monoisotopic (exact) mass is 381 g/mol. The van der Waals surface area contributed by atoms with Crippen LogP contribution in [-0.4, -0.2) is 35.4 Å². The Labute approximate surface area is 164 Å². The number of ether oxygens (including phenoxy) is 1. The van der Waals surface area contributed by atoms with E-state index in [1.54, 1.807) is 6.07 Å². The maximum atomic E-state index is 13.7. The molecule has 2 aromatic rings. The Morgan fingerprint density at radius 3 is 2.79 bits per heavy atom. The molecule has 0 bridgehead atoms. The van der Waals surface area contributed by atoms with Gasteiger partial charge in [0.05, 0.1) is 11.3 Å². The Balaban J connectivity index is 1.59. The van der Waals surface area contributed by atoms with E-state index in [9.17, 15) is 9.18 Å². The molecule has 0 spiro atoms. The Hall–Kier alpha value is -2.73. The highest BCUT2D eigenvalue weighted by Crippen LogP contribution is 2.41. The number of carbonyl (C=O) groups excluding carboxylic acids is 1. The first-order valence-corrected chi connectivity index (χ1v) is 9.80. The van der Waals surface area contributed by atoms with Gasteiger partial charge in [-0.05, 0) is 62.8 Å². The first kappa shape index (κ1) is 18.6. The molecular weight excluding hydrogens is 357 g/mol. The fourth-order valence-electron chi connectivity index (χ4n) is 3.82. The Kier molecular flexibility index (Phi) is 5.13. The van der Waals surface area contributed by atoms with E-state index >= 15 is 0 Å². The molecule has 4 rings (SSSR count). The third-order valence-corrected chi connectivity index (χ3v) is 5.38. The van der Waals surface area contributed by atoms with Crippen LogP contribution in [0, 0.1) is 5.82 Å². The SMILES string of the molecule is CCN(CC)CCCc1ccc2c(n1)CO/C2=C1/C(=O)Nc2ccc(F)cc21. The van der Waals surface area contributed by atoms with E-state index in [-0.39, 0.29) is 11.7 Å². The number of nitrogens with one attached hydrogen (secondary N) is 1. The molecule has 0 atom stereocenters. The number of rotatable bonds is 6. The highest BCUT2D eigenvalue weighted by molar-refractivity contribution is 6.36. The number of hydrogen-bond acceptors (Lipinski definition) is 4. The predicted molar refractivity (Wildman–Crippen MR) is 107 cm³/mol. The van der Waals surface area contributed by atoms with E-state index in [0.717, 1.165) is 49.4 Å². The minimum Gasteiger partial charge on any atom is -0.486 e. The van der Waals surface area contributed by atoms with Crippen LogP contribution in [0.5, 0.6) is 0 Å². The molecule has 0 fully saturated rings.